The molecule has 7 nitrogen and oxygen atoms in total. The number of imidazole rings is 1. The van der Waals surface area contributed by atoms with E-state index in [1.165, 1.54) is 0 Å². The Morgan fingerprint density at radius 2 is 2.11 bits per heavy atom. The van der Waals surface area contributed by atoms with Crippen LogP contribution < -0.4 is 10.5 Å². The summed E-state index contributed by atoms with van der Waals surface area (Å²) in [7, 11) is 1.92. The zero-order valence-electron chi connectivity index (χ0n) is 10.7. The highest BCUT2D eigenvalue weighted by molar-refractivity contribution is 5.19. The summed E-state index contributed by atoms with van der Waals surface area (Å²) in [6.07, 6.45) is 4.08. The molecule has 0 radical (unpaired) electrons. The summed E-state index contributed by atoms with van der Waals surface area (Å²) in [5, 5.41) is 0. The van der Waals surface area contributed by atoms with Crippen LogP contribution in [0.4, 0.5) is 5.95 Å². The van der Waals surface area contributed by atoms with Crippen LogP contribution >= 0.6 is 0 Å². The van der Waals surface area contributed by atoms with Crippen LogP contribution in [0.15, 0.2) is 12.4 Å². The van der Waals surface area contributed by atoms with E-state index >= 15 is 0 Å². The van der Waals surface area contributed by atoms with Crippen molar-refractivity contribution in [3.8, 4) is 6.01 Å². The minimum atomic E-state index is -0.00666. The Morgan fingerprint density at radius 1 is 1.33 bits per heavy atom. The molecule has 0 saturated heterocycles. The fourth-order valence-corrected chi connectivity index (χ4v) is 1.47. The van der Waals surface area contributed by atoms with Crippen LogP contribution in [0.5, 0.6) is 6.01 Å². The summed E-state index contributed by atoms with van der Waals surface area (Å²) in [6, 6.07) is 0.252. The average molecular weight is 248 g/mol. The molecule has 0 unspecified atom stereocenters. The quantitative estimate of drug-likeness (QED) is 0.850. The Bertz CT molecular complexity index is 536. The van der Waals surface area contributed by atoms with Crippen molar-refractivity contribution in [2.75, 3.05) is 5.73 Å². The van der Waals surface area contributed by atoms with E-state index < -0.39 is 0 Å². The van der Waals surface area contributed by atoms with Crippen molar-refractivity contribution >= 4 is 5.95 Å². The summed E-state index contributed by atoms with van der Waals surface area (Å²) in [4.78, 5) is 16.4. The predicted molar refractivity (Wildman–Crippen MR) is 66.0 cm³/mol. The Balaban J connectivity index is 2.23. The number of nitrogens with zero attached hydrogens (tertiary/aromatic N) is 5. The summed E-state index contributed by atoms with van der Waals surface area (Å²) in [5.74, 6) is 1.56. The van der Waals surface area contributed by atoms with Gasteiger partial charge in [0, 0.05) is 19.4 Å². The lowest BCUT2D eigenvalue weighted by atomic mass is 10.4. The number of hydrogen-bond acceptors (Lipinski definition) is 6. The molecule has 0 aromatic carbocycles. The molecule has 2 N–H and O–H groups in total. The van der Waals surface area contributed by atoms with Crippen molar-refractivity contribution in [2.24, 2.45) is 7.05 Å². The molecule has 7 heteroatoms. The van der Waals surface area contributed by atoms with Crippen LogP contribution in [0, 0.1) is 0 Å². The molecule has 0 spiro atoms. The molecule has 0 aliphatic rings. The van der Waals surface area contributed by atoms with Crippen molar-refractivity contribution in [1.29, 1.82) is 0 Å². The van der Waals surface area contributed by atoms with Crippen molar-refractivity contribution in [3.63, 3.8) is 0 Å². The maximum Gasteiger partial charge on any atom is 0.321 e. The molecule has 0 bridgehead atoms. The molecule has 0 fully saturated rings. The van der Waals surface area contributed by atoms with Crippen LogP contribution in [0.3, 0.4) is 0 Å². The van der Waals surface area contributed by atoms with Gasteiger partial charge in [0.05, 0.1) is 12.5 Å². The number of aryl methyl sites for hydroxylation is 1. The Morgan fingerprint density at radius 3 is 2.72 bits per heavy atom. The first-order valence-corrected chi connectivity index (χ1v) is 5.68. The maximum absolute atomic E-state index is 5.63. The van der Waals surface area contributed by atoms with Gasteiger partial charge in [0.2, 0.25) is 5.95 Å². The molecule has 0 amide bonds. The molecule has 2 aromatic heterocycles. The number of hydrogen-bond donors (Lipinski definition) is 1. The zero-order chi connectivity index (χ0) is 13.1. The second-order valence-corrected chi connectivity index (χ2v) is 4.19. The number of anilines is 1. The fraction of sp³-hybridized carbons (Fsp3) is 0.455. The van der Waals surface area contributed by atoms with Crippen molar-refractivity contribution in [1.82, 2.24) is 24.5 Å². The van der Waals surface area contributed by atoms with Crippen LogP contribution in [-0.2, 0) is 13.5 Å². The van der Waals surface area contributed by atoms with E-state index in [1.807, 2.05) is 31.7 Å². The monoisotopic (exact) mass is 248 g/mol. The van der Waals surface area contributed by atoms with Gasteiger partial charge in [-0.2, -0.15) is 15.0 Å². The van der Waals surface area contributed by atoms with Gasteiger partial charge >= 0.3 is 6.01 Å². The van der Waals surface area contributed by atoms with Crippen LogP contribution in [0.1, 0.15) is 25.5 Å². The molecule has 96 valence electrons. The lowest BCUT2D eigenvalue weighted by Gasteiger charge is -2.09. The van der Waals surface area contributed by atoms with Gasteiger partial charge in [-0.1, -0.05) is 0 Å². The number of nitrogens with two attached hydrogens (primary N) is 1. The van der Waals surface area contributed by atoms with E-state index in [0.717, 1.165) is 5.82 Å². The van der Waals surface area contributed by atoms with Gasteiger partial charge in [0.25, 0.3) is 0 Å². The third-order valence-corrected chi connectivity index (χ3v) is 2.26. The van der Waals surface area contributed by atoms with Gasteiger partial charge in [0.15, 0.2) is 0 Å². The maximum atomic E-state index is 5.63. The Hall–Kier alpha value is -2.18. The molecular formula is C11H16N6O. The molecule has 18 heavy (non-hydrogen) atoms. The van der Waals surface area contributed by atoms with Gasteiger partial charge in [-0.05, 0) is 13.8 Å². The summed E-state index contributed by atoms with van der Waals surface area (Å²) < 4.78 is 7.32. The molecule has 2 rings (SSSR count). The lowest BCUT2D eigenvalue weighted by molar-refractivity contribution is 0.221. The topological polar surface area (TPSA) is 91.7 Å². The predicted octanol–water partition coefficient (Wildman–Crippen LogP) is 0.565. The van der Waals surface area contributed by atoms with Crippen molar-refractivity contribution in [2.45, 2.75) is 26.4 Å². The van der Waals surface area contributed by atoms with Crippen LogP contribution in [0.2, 0.25) is 0 Å². The van der Waals surface area contributed by atoms with Crippen LogP contribution in [0.25, 0.3) is 0 Å². The third-order valence-electron chi connectivity index (χ3n) is 2.26. The summed E-state index contributed by atoms with van der Waals surface area (Å²) >= 11 is 0. The second kappa shape index (κ2) is 4.99. The average Bonchev–Trinajstić information content (AvgIpc) is 2.62. The first-order chi connectivity index (χ1) is 8.54. The summed E-state index contributed by atoms with van der Waals surface area (Å²) in [6.45, 7) is 3.80. The van der Waals surface area contributed by atoms with E-state index in [9.17, 15) is 0 Å². The van der Waals surface area contributed by atoms with E-state index in [4.69, 9.17) is 10.5 Å². The Kier molecular flexibility index (Phi) is 3.40. The minimum absolute atomic E-state index is 0.00666. The van der Waals surface area contributed by atoms with Gasteiger partial charge < -0.3 is 15.0 Å². The standard InChI is InChI=1S/C11H16N6O/c1-7(2)18-11-15-8(14-10(12)16-11)6-9-13-4-5-17(9)3/h4-5,7H,6H2,1-3H3,(H2,12,14,15,16). The highest BCUT2D eigenvalue weighted by atomic mass is 16.5. The smallest absolute Gasteiger partial charge is 0.321 e. The van der Waals surface area contributed by atoms with E-state index in [2.05, 4.69) is 19.9 Å². The molecule has 0 atom stereocenters. The zero-order valence-corrected chi connectivity index (χ0v) is 10.7. The third kappa shape index (κ3) is 2.93. The number of aromatic nitrogens is 5. The molecule has 2 heterocycles. The van der Waals surface area contributed by atoms with Crippen LogP contribution in [-0.4, -0.2) is 30.6 Å². The van der Waals surface area contributed by atoms with E-state index in [1.54, 1.807) is 6.20 Å². The van der Waals surface area contributed by atoms with Gasteiger partial charge in [-0.15, -0.1) is 0 Å². The molecule has 0 aliphatic heterocycles. The highest BCUT2D eigenvalue weighted by Crippen LogP contribution is 2.10. The summed E-state index contributed by atoms with van der Waals surface area (Å²) in [5.41, 5.74) is 5.63. The second-order valence-electron chi connectivity index (χ2n) is 4.19. The largest absolute Gasteiger partial charge is 0.461 e. The lowest BCUT2D eigenvalue weighted by Crippen LogP contribution is -2.13. The van der Waals surface area contributed by atoms with Crippen molar-refractivity contribution in [3.05, 3.63) is 24.0 Å². The number of nitrogen functional groups attached to an aromatic ring is 1. The number of rotatable bonds is 4. The Labute approximate surface area is 105 Å². The van der Waals surface area contributed by atoms with E-state index in [-0.39, 0.29) is 18.1 Å². The first kappa shape index (κ1) is 12.3. The normalized spacial score (nSPS) is 10.9. The van der Waals surface area contributed by atoms with Gasteiger partial charge in [-0.3, -0.25) is 0 Å². The SMILES string of the molecule is CC(C)Oc1nc(N)nc(Cc2nccn2C)n1. The van der Waals surface area contributed by atoms with Crippen molar-refractivity contribution < 1.29 is 4.74 Å². The molecule has 0 saturated carbocycles. The highest BCUT2D eigenvalue weighted by Gasteiger charge is 2.09. The number of ether oxygens (including phenoxy) is 1. The first-order valence-electron chi connectivity index (χ1n) is 5.68. The molecule has 2 aromatic rings. The fourth-order valence-electron chi connectivity index (χ4n) is 1.47. The molecular weight excluding hydrogens is 232 g/mol. The van der Waals surface area contributed by atoms with Gasteiger partial charge in [0.1, 0.15) is 11.6 Å². The van der Waals surface area contributed by atoms with E-state index in [0.29, 0.717) is 12.2 Å². The van der Waals surface area contributed by atoms with Gasteiger partial charge in [-0.25, -0.2) is 4.98 Å². The molecule has 0 aliphatic carbocycles. The minimum Gasteiger partial charge on any atom is -0.461 e.